The predicted molar refractivity (Wildman–Crippen MR) is 119 cm³/mol. The minimum absolute atomic E-state index is 0.00485. The Kier molecular flexibility index (Phi) is 5.02. The molecule has 0 unspecified atom stereocenters. The Bertz CT molecular complexity index is 1620. The number of pyridine rings is 4. The summed E-state index contributed by atoms with van der Waals surface area (Å²) in [5.74, 6) is 0. The van der Waals surface area contributed by atoms with Crippen molar-refractivity contribution in [3.8, 4) is 11.4 Å². The third-order valence-corrected chi connectivity index (χ3v) is 5.51. The standard InChI is InChI=1S/C23H14ClF3N4O2/c1-33-10-17-18-19(29-15-6-4-11(24)9-13(15)21(18)32)12-5-7-16(30-22(12)31-17)20-14(23(25,26)27)3-2-8-28-20/h2-9H,10H2,1H3,(H,29,32). The van der Waals surface area contributed by atoms with Crippen LogP contribution in [-0.4, -0.2) is 27.0 Å². The number of hydrogen-bond acceptors (Lipinski definition) is 5. The van der Waals surface area contributed by atoms with Crippen LogP contribution < -0.4 is 5.43 Å². The van der Waals surface area contributed by atoms with E-state index < -0.39 is 11.7 Å². The molecule has 0 atom stereocenters. The lowest BCUT2D eigenvalue weighted by molar-refractivity contribution is -0.137. The SMILES string of the molecule is COCc1nc2nc(-c3ncccc3C(F)(F)F)ccc2c2[nH]c3ccc(Cl)cc3c(=O)c12. The first kappa shape index (κ1) is 21.3. The van der Waals surface area contributed by atoms with E-state index in [1.807, 2.05) is 0 Å². The fourth-order valence-electron chi connectivity index (χ4n) is 3.86. The van der Waals surface area contributed by atoms with Crippen LogP contribution >= 0.6 is 11.6 Å². The molecule has 0 spiro atoms. The molecule has 0 saturated carbocycles. The first-order valence-corrected chi connectivity index (χ1v) is 10.1. The van der Waals surface area contributed by atoms with Crippen LogP contribution in [0, 0.1) is 0 Å². The summed E-state index contributed by atoms with van der Waals surface area (Å²) in [6.07, 6.45) is -3.32. The van der Waals surface area contributed by atoms with Gasteiger partial charge in [0.25, 0.3) is 0 Å². The molecule has 4 aromatic heterocycles. The molecule has 0 fully saturated rings. The van der Waals surface area contributed by atoms with Crippen molar-refractivity contribution in [2.75, 3.05) is 7.11 Å². The van der Waals surface area contributed by atoms with Crippen LogP contribution in [0.15, 0.2) is 53.5 Å². The van der Waals surface area contributed by atoms with E-state index in [9.17, 15) is 18.0 Å². The quantitative estimate of drug-likeness (QED) is 0.278. The lowest BCUT2D eigenvalue weighted by atomic mass is 10.1. The van der Waals surface area contributed by atoms with Crippen molar-refractivity contribution in [3.63, 3.8) is 0 Å². The Morgan fingerprint density at radius 2 is 1.91 bits per heavy atom. The summed E-state index contributed by atoms with van der Waals surface area (Å²) in [5, 5.41) is 1.59. The van der Waals surface area contributed by atoms with Crippen molar-refractivity contribution in [3.05, 3.63) is 75.2 Å². The number of aromatic amines is 1. The second-order valence-corrected chi connectivity index (χ2v) is 7.79. The van der Waals surface area contributed by atoms with Crippen LogP contribution in [0.2, 0.25) is 5.02 Å². The summed E-state index contributed by atoms with van der Waals surface area (Å²) in [4.78, 5) is 29.2. The fourth-order valence-corrected chi connectivity index (χ4v) is 4.03. The highest BCUT2D eigenvalue weighted by Crippen LogP contribution is 2.36. The number of nitrogens with zero attached hydrogens (tertiary/aromatic N) is 3. The maximum absolute atomic E-state index is 13.5. The van der Waals surface area contributed by atoms with Crippen LogP contribution in [0.5, 0.6) is 0 Å². The van der Waals surface area contributed by atoms with Gasteiger partial charge < -0.3 is 9.72 Å². The number of halogens is 4. The van der Waals surface area contributed by atoms with Gasteiger partial charge in [-0.05, 0) is 42.5 Å². The third kappa shape index (κ3) is 3.59. The highest BCUT2D eigenvalue weighted by molar-refractivity contribution is 6.31. The second-order valence-electron chi connectivity index (χ2n) is 7.35. The fraction of sp³-hybridized carbons (Fsp3) is 0.130. The molecule has 0 aliphatic heterocycles. The number of ether oxygens (including phenoxy) is 1. The smallest absolute Gasteiger partial charge is 0.378 e. The average Bonchev–Trinajstić information content (AvgIpc) is 2.79. The lowest BCUT2D eigenvalue weighted by Crippen LogP contribution is -2.11. The van der Waals surface area contributed by atoms with E-state index in [1.165, 1.54) is 25.4 Å². The van der Waals surface area contributed by atoms with Gasteiger partial charge >= 0.3 is 6.18 Å². The molecule has 6 nitrogen and oxygen atoms in total. The van der Waals surface area contributed by atoms with Gasteiger partial charge in [0.2, 0.25) is 0 Å². The summed E-state index contributed by atoms with van der Waals surface area (Å²) in [7, 11) is 1.46. The molecule has 0 saturated heterocycles. The number of aromatic nitrogens is 4. The molecule has 5 rings (SSSR count). The van der Waals surface area contributed by atoms with Crippen molar-refractivity contribution < 1.29 is 17.9 Å². The van der Waals surface area contributed by atoms with E-state index in [2.05, 4.69) is 19.9 Å². The Labute approximate surface area is 189 Å². The van der Waals surface area contributed by atoms with E-state index >= 15 is 0 Å². The summed E-state index contributed by atoms with van der Waals surface area (Å²) in [6.45, 7) is 0.00485. The van der Waals surface area contributed by atoms with Crippen molar-refractivity contribution >= 4 is 44.4 Å². The van der Waals surface area contributed by atoms with E-state index in [4.69, 9.17) is 16.3 Å². The number of benzene rings is 1. The van der Waals surface area contributed by atoms with Gasteiger partial charge in [0.05, 0.1) is 34.5 Å². The van der Waals surface area contributed by atoms with Crippen LogP contribution in [0.3, 0.4) is 0 Å². The van der Waals surface area contributed by atoms with E-state index in [-0.39, 0.29) is 29.1 Å². The van der Waals surface area contributed by atoms with Gasteiger partial charge in [-0.15, -0.1) is 0 Å². The molecule has 1 aromatic carbocycles. The maximum Gasteiger partial charge on any atom is 0.418 e. The largest absolute Gasteiger partial charge is 0.418 e. The molecular weight excluding hydrogens is 457 g/mol. The van der Waals surface area contributed by atoms with Gasteiger partial charge in [-0.25, -0.2) is 9.97 Å². The molecule has 0 bridgehead atoms. The van der Waals surface area contributed by atoms with Gasteiger partial charge in [0, 0.05) is 34.6 Å². The van der Waals surface area contributed by atoms with Gasteiger partial charge in [-0.1, -0.05) is 11.6 Å². The number of hydrogen-bond donors (Lipinski definition) is 1. The number of nitrogens with one attached hydrogen (secondary N) is 1. The number of alkyl halides is 3. The molecule has 10 heteroatoms. The van der Waals surface area contributed by atoms with Crippen LogP contribution in [0.1, 0.15) is 11.3 Å². The van der Waals surface area contributed by atoms with E-state index in [0.29, 0.717) is 37.9 Å². The molecule has 0 amide bonds. The molecular formula is C23H14ClF3N4O2. The summed E-state index contributed by atoms with van der Waals surface area (Å²) >= 11 is 6.07. The molecule has 166 valence electrons. The number of rotatable bonds is 3. The minimum Gasteiger partial charge on any atom is -0.378 e. The van der Waals surface area contributed by atoms with Crippen molar-refractivity contribution in [2.24, 2.45) is 0 Å². The van der Waals surface area contributed by atoms with Crippen molar-refractivity contribution in [2.45, 2.75) is 12.8 Å². The van der Waals surface area contributed by atoms with Gasteiger partial charge in [0.1, 0.15) is 5.69 Å². The number of H-pyrrole nitrogens is 1. The lowest BCUT2D eigenvalue weighted by Gasteiger charge is -2.13. The Morgan fingerprint density at radius 1 is 1.09 bits per heavy atom. The highest BCUT2D eigenvalue weighted by atomic mass is 35.5. The Balaban J connectivity index is 1.85. The zero-order valence-electron chi connectivity index (χ0n) is 17.0. The first-order valence-electron chi connectivity index (χ1n) is 9.74. The van der Waals surface area contributed by atoms with Gasteiger partial charge in [-0.2, -0.15) is 13.2 Å². The topological polar surface area (TPSA) is 80.8 Å². The first-order chi connectivity index (χ1) is 15.8. The maximum atomic E-state index is 13.5. The number of fused-ring (bicyclic) bond motifs is 4. The zero-order chi connectivity index (χ0) is 23.3. The van der Waals surface area contributed by atoms with Gasteiger partial charge in [0.15, 0.2) is 11.1 Å². The normalized spacial score (nSPS) is 12.2. The summed E-state index contributed by atoms with van der Waals surface area (Å²) < 4.78 is 45.7. The van der Waals surface area contributed by atoms with Crippen molar-refractivity contribution in [1.29, 1.82) is 0 Å². The molecule has 5 aromatic rings. The molecule has 33 heavy (non-hydrogen) atoms. The van der Waals surface area contributed by atoms with E-state index in [1.54, 1.807) is 24.3 Å². The van der Waals surface area contributed by atoms with Crippen LogP contribution in [0.4, 0.5) is 13.2 Å². The Hall–Kier alpha value is -3.56. The number of methoxy groups -OCH3 is 1. The van der Waals surface area contributed by atoms with Crippen LogP contribution in [0.25, 0.3) is 44.2 Å². The minimum atomic E-state index is -4.59. The Morgan fingerprint density at radius 3 is 2.67 bits per heavy atom. The van der Waals surface area contributed by atoms with E-state index in [0.717, 1.165) is 6.07 Å². The molecule has 0 aliphatic rings. The highest BCUT2D eigenvalue weighted by Gasteiger charge is 2.34. The monoisotopic (exact) mass is 470 g/mol. The van der Waals surface area contributed by atoms with Gasteiger partial charge in [-0.3, -0.25) is 9.78 Å². The summed E-state index contributed by atoms with van der Waals surface area (Å²) in [6, 6.07) is 10.1. The molecule has 0 radical (unpaired) electrons. The molecule has 4 heterocycles. The third-order valence-electron chi connectivity index (χ3n) is 5.27. The average molecular weight is 471 g/mol. The predicted octanol–water partition coefficient (Wildman–Crippen LogP) is 5.51. The summed E-state index contributed by atoms with van der Waals surface area (Å²) in [5.41, 5.74) is 0.0229. The zero-order valence-corrected chi connectivity index (χ0v) is 17.8. The molecule has 0 aliphatic carbocycles. The second kappa shape index (κ2) is 7.79. The molecule has 1 N–H and O–H groups in total. The van der Waals surface area contributed by atoms with Crippen LogP contribution in [-0.2, 0) is 17.5 Å². The van der Waals surface area contributed by atoms with Crippen molar-refractivity contribution in [1.82, 2.24) is 19.9 Å².